The topological polar surface area (TPSA) is 57.6 Å². The van der Waals surface area contributed by atoms with Crippen molar-refractivity contribution in [2.75, 3.05) is 13.1 Å². The minimum Gasteiger partial charge on any atom is -0.481 e. The number of halogens is 1. The lowest BCUT2D eigenvalue weighted by molar-refractivity contribution is -0.146. The van der Waals surface area contributed by atoms with Crippen molar-refractivity contribution in [3.8, 4) is 0 Å². The van der Waals surface area contributed by atoms with E-state index in [0.29, 0.717) is 31.5 Å². The summed E-state index contributed by atoms with van der Waals surface area (Å²) in [5.74, 6) is -1.99. The van der Waals surface area contributed by atoms with Gasteiger partial charge in [0.15, 0.2) is 0 Å². The van der Waals surface area contributed by atoms with Crippen LogP contribution in [0, 0.1) is 11.7 Å². The molecule has 1 unspecified atom stereocenters. The van der Waals surface area contributed by atoms with Gasteiger partial charge in [-0.1, -0.05) is 12.1 Å². The zero-order valence-corrected chi connectivity index (χ0v) is 11.4. The minimum atomic E-state index is -0.796. The molecule has 0 aromatic heterocycles. The quantitative estimate of drug-likeness (QED) is 0.923. The number of aliphatic carboxylic acids is 1. The summed E-state index contributed by atoms with van der Waals surface area (Å²) < 4.78 is 13.2. The van der Waals surface area contributed by atoms with Crippen LogP contribution < -0.4 is 0 Å². The van der Waals surface area contributed by atoms with Gasteiger partial charge in [-0.25, -0.2) is 4.39 Å². The maximum absolute atomic E-state index is 13.2. The Balaban J connectivity index is 2.00. The van der Waals surface area contributed by atoms with E-state index in [-0.39, 0.29) is 17.6 Å². The molecule has 1 fully saturated rings. The summed E-state index contributed by atoms with van der Waals surface area (Å²) in [6, 6.07) is 6.03. The first-order chi connectivity index (χ1) is 9.49. The SMILES string of the molecule is CC(C(=O)N1CCC(C(=O)O)CC1)c1cccc(F)c1. The Kier molecular flexibility index (Phi) is 4.37. The lowest BCUT2D eigenvalue weighted by Crippen LogP contribution is -2.42. The van der Waals surface area contributed by atoms with Gasteiger partial charge in [0.05, 0.1) is 11.8 Å². The lowest BCUT2D eigenvalue weighted by atomic mass is 9.94. The number of rotatable bonds is 3. The van der Waals surface area contributed by atoms with Crippen LogP contribution in [0.25, 0.3) is 0 Å². The van der Waals surface area contributed by atoms with Gasteiger partial charge >= 0.3 is 5.97 Å². The molecule has 0 bridgehead atoms. The number of nitrogens with zero attached hydrogens (tertiary/aromatic N) is 1. The van der Waals surface area contributed by atoms with Crippen LogP contribution in [0.4, 0.5) is 4.39 Å². The van der Waals surface area contributed by atoms with E-state index < -0.39 is 11.9 Å². The summed E-state index contributed by atoms with van der Waals surface area (Å²) in [4.78, 5) is 24.9. The van der Waals surface area contributed by atoms with Gasteiger partial charge < -0.3 is 10.0 Å². The molecular weight excluding hydrogens is 261 g/mol. The summed E-state index contributed by atoms with van der Waals surface area (Å²) >= 11 is 0. The number of likely N-dealkylation sites (tertiary alicyclic amines) is 1. The van der Waals surface area contributed by atoms with Crippen molar-refractivity contribution in [1.82, 2.24) is 4.90 Å². The van der Waals surface area contributed by atoms with Gasteiger partial charge in [0, 0.05) is 13.1 Å². The molecule has 1 aliphatic heterocycles. The number of carboxylic acid groups (broad SMARTS) is 1. The largest absolute Gasteiger partial charge is 0.481 e. The van der Waals surface area contributed by atoms with E-state index >= 15 is 0 Å². The first kappa shape index (κ1) is 14.5. The van der Waals surface area contributed by atoms with Gasteiger partial charge in [-0.05, 0) is 37.5 Å². The van der Waals surface area contributed by atoms with Gasteiger partial charge in [0.1, 0.15) is 5.82 Å². The first-order valence-electron chi connectivity index (χ1n) is 6.76. The van der Waals surface area contributed by atoms with Crippen LogP contribution >= 0.6 is 0 Å². The standard InChI is InChI=1S/C15H18FNO3/c1-10(12-3-2-4-13(16)9-12)14(18)17-7-5-11(6-8-17)15(19)20/h2-4,9-11H,5-8H2,1H3,(H,19,20). The van der Waals surface area contributed by atoms with E-state index in [4.69, 9.17) is 5.11 Å². The molecule has 1 heterocycles. The molecule has 1 aromatic rings. The van der Waals surface area contributed by atoms with Crippen molar-refractivity contribution in [2.45, 2.75) is 25.7 Å². The molecular formula is C15H18FNO3. The highest BCUT2D eigenvalue weighted by Crippen LogP contribution is 2.23. The van der Waals surface area contributed by atoms with Crippen LogP contribution in [0.2, 0.25) is 0 Å². The normalized spacial score (nSPS) is 17.8. The molecule has 1 N–H and O–H groups in total. The number of amides is 1. The number of hydrogen-bond acceptors (Lipinski definition) is 2. The van der Waals surface area contributed by atoms with Crippen molar-refractivity contribution in [1.29, 1.82) is 0 Å². The molecule has 1 aromatic carbocycles. The number of carbonyl (C=O) groups is 2. The third-order valence-electron chi connectivity index (χ3n) is 3.87. The average molecular weight is 279 g/mol. The molecule has 20 heavy (non-hydrogen) atoms. The molecule has 4 nitrogen and oxygen atoms in total. The van der Waals surface area contributed by atoms with Gasteiger partial charge in [0.25, 0.3) is 0 Å². The second-order valence-corrected chi connectivity index (χ2v) is 5.21. The Labute approximate surface area is 117 Å². The van der Waals surface area contributed by atoms with E-state index in [9.17, 15) is 14.0 Å². The van der Waals surface area contributed by atoms with Crippen LogP contribution in [0.5, 0.6) is 0 Å². The van der Waals surface area contributed by atoms with Crippen LogP contribution in [-0.4, -0.2) is 35.0 Å². The maximum Gasteiger partial charge on any atom is 0.306 e. The van der Waals surface area contributed by atoms with Crippen LogP contribution in [0.3, 0.4) is 0 Å². The van der Waals surface area contributed by atoms with E-state index in [1.165, 1.54) is 12.1 Å². The Hall–Kier alpha value is -1.91. The second-order valence-electron chi connectivity index (χ2n) is 5.21. The van der Waals surface area contributed by atoms with E-state index in [0.717, 1.165) is 0 Å². The first-order valence-corrected chi connectivity index (χ1v) is 6.76. The summed E-state index contributed by atoms with van der Waals surface area (Å²) in [5.41, 5.74) is 0.648. The minimum absolute atomic E-state index is 0.0700. The molecule has 0 radical (unpaired) electrons. The number of carboxylic acids is 1. The van der Waals surface area contributed by atoms with Crippen molar-refractivity contribution in [3.63, 3.8) is 0 Å². The Morgan fingerprint density at radius 2 is 2.00 bits per heavy atom. The van der Waals surface area contributed by atoms with E-state index in [1.54, 1.807) is 24.0 Å². The fourth-order valence-corrected chi connectivity index (χ4v) is 2.54. The van der Waals surface area contributed by atoms with Gasteiger partial charge in [-0.15, -0.1) is 0 Å². The molecule has 1 saturated heterocycles. The molecule has 5 heteroatoms. The van der Waals surface area contributed by atoms with Crippen LogP contribution in [0.1, 0.15) is 31.2 Å². The predicted molar refractivity (Wildman–Crippen MR) is 71.8 cm³/mol. The van der Waals surface area contributed by atoms with Gasteiger partial charge in [-0.2, -0.15) is 0 Å². The Morgan fingerprint density at radius 3 is 2.55 bits per heavy atom. The third-order valence-corrected chi connectivity index (χ3v) is 3.87. The summed E-state index contributed by atoms with van der Waals surface area (Å²) in [7, 11) is 0. The fourth-order valence-electron chi connectivity index (χ4n) is 2.54. The average Bonchev–Trinajstić information content (AvgIpc) is 2.46. The maximum atomic E-state index is 13.2. The molecule has 108 valence electrons. The van der Waals surface area contributed by atoms with Crippen molar-refractivity contribution in [2.24, 2.45) is 5.92 Å². The number of carbonyl (C=O) groups excluding carboxylic acids is 1. The Morgan fingerprint density at radius 1 is 1.35 bits per heavy atom. The van der Waals surface area contributed by atoms with Crippen molar-refractivity contribution >= 4 is 11.9 Å². The monoisotopic (exact) mass is 279 g/mol. The van der Waals surface area contributed by atoms with Crippen molar-refractivity contribution < 1.29 is 19.1 Å². The number of piperidine rings is 1. The molecule has 1 aliphatic rings. The lowest BCUT2D eigenvalue weighted by Gasteiger charge is -2.32. The highest BCUT2D eigenvalue weighted by molar-refractivity contribution is 5.83. The molecule has 0 spiro atoms. The summed E-state index contributed by atoms with van der Waals surface area (Å²) in [6.45, 7) is 2.66. The van der Waals surface area contributed by atoms with Crippen LogP contribution in [0.15, 0.2) is 24.3 Å². The smallest absolute Gasteiger partial charge is 0.306 e. The molecule has 2 rings (SSSR count). The predicted octanol–water partition coefficient (Wildman–Crippen LogP) is 2.25. The number of benzene rings is 1. The highest BCUT2D eigenvalue weighted by atomic mass is 19.1. The zero-order chi connectivity index (χ0) is 14.7. The molecule has 1 atom stereocenters. The molecule has 0 aliphatic carbocycles. The molecule has 0 saturated carbocycles. The molecule has 1 amide bonds. The second kappa shape index (κ2) is 6.03. The summed E-state index contributed by atoms with van der Waals surface area (Å²) in [6.07, 6.45) is 0.966. The zero-order valence-electron chi connectivity index (χ0n) is 11.4. The fraction of sp³-hybridized carbons (Fsp3) is 0.467. The van der Waals surface area contributed by atoms with Gasteiger partial charge in [-0.3, -0.25) is 9.59 Å². The van der Waals surface area contributed by atoms with E-state index in [2.05, 4.69) is 0 Å². The van der Waals surface area contributed by atoms with Crippen LogP contribution in [-0.2, 0) is 9.59 Å². The number of hydrogen-bond donors (Lipinski definition) is 1. The van der Waals surface area contributed by atoms with Gasteiger partial charge in [0.2, 0.25) is 5.91 Å². The summed E-state index contributed by atoms with van der Waals surface area (Å²) in [5, 5.41) is 8.94. The highest BCUT2D eigenvalue weighted by Gasteiger charge is 2.29. The Bertz CT molecular complexity index is 510. The third kappa shape index (κ3) is 3.15. The van der Waals surface area contributed by atoms with E-state index in [1.807, 2.05) is 0 Å². The van der Waals surface area contributed by atoms with Crippen molar-refractivity contribution in [3.05, 3.63) is 35.6 Å².